The summed E-state index contributed by atoms with van der Waals surface area (Å²) in [5.41, 5.74) is 4.52. The molecule has 0 spiro atoms. The summed E-state index contributed by atoms with van der Waals surface area (Å²) in [6.07, 6.45) is 4.45. The van der Waals surface area contributed by atoms with Crippen LogP contribution in [0.15, 0.2) is 30.3 Å². The molecule has 0 aromatic heterocycles. The molecule has 1 aromatic rings. The highest BCUT2D eigenvalue weighted by Crippen LogP contribution is 2.12. The number of nitrogens with zero attached hydrogens (tertiary/aromatic N) is 1. The lowest BCUT2D eigenvalue weighted by molar-refractivity contribution is -0.121. The van der Waals surface area contributed by atoms with Crippen molar-refractivity contribution in [3.63, 3.8) is 0 Å². The average molecular weight is 304 g/mol. The first-order chi connectivity index (χ1) is 9.92. The molecule has 0 radical (unpaired) electrons. The third-order valence-electron chi connectivity index (χ3n) is 3.24. The Morgan fingerprint density at radius 2 is 1.81 bits per heavy atom. The minimum absolute atomic E-state index is 0.0523. The molecule has 0 aliphatic heterocycles. The monoisotopic (exact) mass is 303 g/mol. The summed E-state index contributed by atoms with van der Waals surface area (Å²) in [7, 11) is -1.40. The molecular weight excluding hydrogens is 274 g/mol. The van der Waals surface area contributed by atoms with Gasteiger partial charge in [0.25, 0.3) is 0 Å². The van der Waals surface area contributed by atoms with Crippen molar-refractivity contribution >= 4 is 8.07 Å². The van der Waals surface area contributed by atoms with E-state index in [0.29, 0.717) is 6.54 Å². The normalized spacial score (nSPS) is 12.9. The molecule has 0 aliphatic carbocycles. The molecule has 116 valence electrons. The van der Waals surface area contributed by atoms with Gasteiger partial charge < -0.3 is 5.21 Å². The van der Waals surface area contributed by atoms with Gasteiger partial charge in [-0.1, -0.05) is 82.1 Å². The number of hydroxylamine groups is 2. The van der Waals surface area contributed by atoms with E-state index in [0.717, 1.165) is 18.4 Å². The lowest BCUT2D eigenvalue weighted by Gasteiger charge is -2.22. The van der Waals surface area contributed by atoms with Gasteiger partial charge in [0.05, 0.1) is 12.6 Å². The third kappa shape index (κ3) is 8.06. The standard InChI is InChI=1S/C18H29NOSi/c1-5-6-8-13-18(14-15-21(2,3)4)19(20)16-17-11-9-7-10-12-17/h7,9-12,18,20H,5-6,8,13,16H2,1-4H3. The van der Waals surface area contributed by atoms with Crippen molar-refractivity contribution in [2.24, 2.45) is 0 Å². The lowest BCUT2D eigenvalue weighted by Crippen LogP contribution is -2.31. The van der Waals surface area contributed by atoms with Gasteiger partial charge in [-0.3, -0.25) is 0 Å². The molecule has 2 nitrogen and oxygen atoms in total. The molecule has 0 aliphatic rings. The maximum absolute atomic E-state index is 10.4. The molecule has 1 aromatic carbocycles. The van der Waals surface area contributed by atoms with Crippen LogP contribution in [0.25, 0.3) is 0 Å². The summed E-state index contributed by atoms with van der Waals surface area (Å²) in [6.45, 7) is 9.45. The molecule has 3 heteroatoms. The van der Waals surface area contributed by atoms with E-state index in [-0.39, 0.29) is 6.04 Å². The molecule has 21 heavy (non-hydrogen) atoms. The van der Waals surface area contributed by atoms with Crippen LogP contribution in [0.5, 0.6) is 0 Å². The van der Waals surface area contributed by atoms with Crippen molar-refractivity contribution in [2.45, 2.75) is 64.8 Å². The predicted octanol–water partition coefficient (Wildman–Crippen LogP) is 4.71. The van der Waals surface area contributed by atoms with Gasteiger partial charge in [0.1, 0.15) is 8.07 Å². The molecule has 1 N–H and O–H groups in total. The van der Waals surface area contributed by atoms with Crippen LogP contribution in [0, 0.1) is 11.5 Å². The van der Waals surface area contributed by atoms with E-state index in [1.165, 1.54) is 17.9 Å². The van der Waals surface area contributed by atoms with Crippen LogP contribution in [0.3, 0.4) is 0 Å². The van der Waals surface area contributed by atoms with E-state index in [1.54, 1.807) is 0 Å². The minimum Gasteiger partial charge on any atom is -0.312 e. The van der Waals surface area contributed by atoms with Crippen molar-refractivity contribution in [1.82, 2.24) is 5.06 Å². The molecule has 0 fully saturated rings. The van der Waals surface area contributed by atoms with Crippen molar-refractivity contribution < 1.29 is 5.21 Å². The van der Waals surface area contributed by atoms with E-state index < -0.39 is 8.07 Å². The van der Waals surface area contributed by atoms with Gasteiger partial charge in [0, 0.05) is 0 Å². The van der Waals surface area contributed by atoms with E-state index in [9.17, 15) is 5.21 Å². The van der Waals surface area contributed by atoms with Crippen molar-refractivity contribution in [3.8, 4) is 11.5 Å². The van der Waals surface area contributed by atoms with Crippen LogP contribution < -0.4 is 0 Å². The highest BCUT2D eigenvalue weighted by molar-refractivity contribution is 6.83. The second-order valence-electron chi connectivity index (χ2n) is 6.61. The maximum atomic E-state index is 10.4. The van der Waals surface area contributed by atoms with Crippen LogP contribution in [0.4, 0.5) is 0 Å². The lowest BCUT2D eigenvalue weighted by atomic mass is 10.1. The first-order valence-corrected chi connectivity index (χ1v) is 11.4. The van der Waals surface area contributed by atoms with E-state index in [1.807, 2.05) is 30.3 Å². The Morgan fingerprint density at radius 1 is 1.14 bits per heavy atom. The number of unbranched alkanes of at least 4 members (excludes halogenated alkanes) is 2. The molecule has 0 saturated heterocycles. The average Bonchev–Trinajstić information content (AvgIpc) is 2.42. The smallest absolute Gasteiger partial charge is 0.129 e. The third-order valence-corrected chi connectivity index (χ3v) is 4.14. The molecule has 0 heterocycles. The summed E-state index contributed by atoms with van der Waals surface area (Å²) in [6, 6.07) is 10.0. The van der Waals surface area contributed by atoms with E-state index in [4.69, 9.17) is 0 Å². The van der Waals surface area contributed by atoms with Gasteiger partial charge in [-0.15, -0.1) is 5.54 Å². The SMILES string of the molecule is CCCCCC(C#C[Si](C)(C)C)N(O)Cc1ccccc1. The van der Waals surface area contributed by atoms with Crippen LogP contribution >= 0.6 is 0 Å². The summed E-state index contributed by atoms with van der Waals surface area (Å²) in [5.74, 6) is 3.33. The van der Waals surface area contributed by atoms with Crippen LogP contribution in [-0.4, -0.2) is 24.4 Å². The summed E-state index contributed by atoms with van der Waals surface area (Å²) in [5, 5.41) is 11.8. The number of benzene rings is 1. The quantitative estimate of drug-likeness (QED) is 0.341. The second-order valence-corrected chi connectivity index (χ2v) is 11.4. The molecule has 0 bridgehead atoms. The highest BCUT2D eigenvalue weighted by Gasteiger charge is 2.16. The largest absolute Gasteiger partial charge is 0.312 e. The summed E-state index contributed by atoms with van der Waals surface area (Å²) < 4.78 is 0. The Hall–Kier alpha value is -1.08. The van der Waals surface area contributed by atoms with Crippen LogP contribution in [0.2, 0.25) is 19.6 Å². The van der Waals surface area contributed by atoms with Gasteiger partial charge >= 0.3 is 0 Å². The molecule has 0 saturated carbocycles. The Labute approximate surface area is 131 Å². The number of hydrogen-bond acceptors (Lipinski definition) is 2. The Balaban J connectivity index is 2.71. The fraction of sp³-hybridized carbons (Fsp3) is 0.556. The van der Waals surface area contributed by atoms with Crippen molar-refractivity contribution in [1.29, 1.82) is 0 Å². The molecule has 1 unspecified atom stereocenters. The Morgan fingerprint density at radius 3 is 2.38 bits per heavy atom. The fourth-order valence-electron chi connectivity index (χ4n) is 2.06. The molecule has 1 rings (SSSR count). The zero-order valence-electron chi connectivity index (χ0n) is 13.9. The molecular formula is C18H29NOSi. The topological polar surface area (TPSA) is 23.5 Å². The predicted molar refractivity (Wildman–Crippen MR) is 92.8 cm³/mol. The van der Waals surface area contributed by atoms with Gasteiger partial charge in [-0.05, 0) is 12.0 Å². The summed E-state index contributed by atoms with van der Waals surface area (Å²) >= 11 is 0. The molecule has 0 amide bonds. The van der Waals surface area contributed by atoms with Gasteiger partial charge in [0.2, 0.25) is 0 Å². The number of rotatable bonds is 7. The minimum atomic E-state index is -1.40. The van der Waals surface area contributed by atoms with Gasteiger partial charge in [0.15, 0.2) is 0 Å². The second kappa shape index (κ2) is 9.04. The van der Waals surface area contributed by atoms with E-state index in [2.05, 4.69) is 38.0 Å². The fourth-order valence-corrected chi connectivity index (χ4v) is 2.66. The van der Waals surface area contributed by atoms with Gasteiger partial charge in [-0.2, -0.15) is 5.06 Å². The highest BCUT2D eigenvalue weighted by atomic mass is 28.3. The first-order valence-electron chi connectivity index (χ1n) is 7.94. The maximum Gasteiger partial charge on any atom is 0.129 e. The van der Waals surface area contributed by atoms with Crippen molar-refractivity contribution in [2.75, 3.05) is 0 Å². The summed E-state index contributed by atoms with van der Waals surface area (Å²) in [4.78, 5) is 0. The zero-order valence-corrected chi connectivity index (χ0v) is 14.9. The van der Waals surface area contributed by atoms with Crippen molar-refractivity contribution in [3.05, 3.63) is 35.9 Å². The van der Waals surface area contributed by atoms with Crippen LogP contribution in [0.1, 0.15) is 38.2 Å². The molecule has 1 atom stereocenters. The Bertz CT molecular complexity index is 456. The van der Waals surface area contributed by atoms with Crippen LogP contribution in [-0.2, 0) is 6.54 Å². The number of hydrogen-bond donors (Lipinski definition) is 1. The van der Waals surface area contributed by atoms with Gasteiger partial charge in [-0.25, -0.2) is 0 Å². The first kappa shape index (κ1) is 18.0. The van der Waals surface area contributed by atoms with E-state index >= 15 is 0 Å². The zero-order chi connectivity index (χ0) is 15.7. The Kier molecular flexibility index (Phi) is 7.74.